The highest BCUT2D eigenvalue weighted by Crippen LogP contribution is 2.23. The van der Waals surface area contributed by atoms with Gasteiger partial charge in [-0.05, 0) is 12.8 Å². The number of likely N-dealkylation sites (tertiary alicyclic amines) is 1. The molecule has 0 saturated carbocycles. The number of nitrogens with one attached hydrogen (secondary N) is 1. The molecule has 3 saturated heterocycles. The van der Waals surface area contributed by atoms with Gasteiger partial charge in [-0.3, -0.25) is 4.90 Å². The molecule has 6 heteroatoms. The third kappa shape index (κ3) is 3.08. The van der Waals surface area contributed by atoms with E-state index >= 15 is 0 Å². The average Bonchev–Trinajstić information content (AvgIpc) is 2.34. The number of rotatable bonds is 3. The Balaban J connectivity index is 1.45. The van der Waals surface area contributed by atoms with Crippen LogP contribution in [0.25, 0.3) is 0 Å². The highest BCUT2D eigenvalue weighted by molar-refractivity contribution is 4.90. The maximum atomic E-state index is 13.8. The molecule has 3 aliphatic heterocycles. The molecule has 0 amide bonds. The van der Waals surface area contributed by atoms with E-state index in [1.54, 1.807) is 0 Å². The molecule has 5 nitrogen and oxygen atoms in total. The molecule has 110 valence electrons. The Kier molecular flexibility index (Phi) is 4.34. The first kappa shape index (κ1) is 13.7. The van der Waals surface area contributed by atoms with Crippen molar-refractivity contribution in [1.82, 2.24) is 10.2 Å². The maximum Gasteiger partial charge on any atom is 0.140 e. The summed E-state index contributed by atoms with van der Waals surface area (Å²) in [7, 11) is 0. The second kappa shape index (κ2) is 6.01. The maximum absolute atomic E-state index is 13.8. The smallest absolute Gasteiger partial charge is 0.140 e. The lowest BCUT2D eigenvalue weighted by molar-refractivity contribution is -0.115. The predicted molar refractivity (Wildman–Crippen MR) is 69.8 cm³/mol. The van der Waals surface area contributed by atoms with Crippen molar-refractivity contribution < 1.29 is 13.9 Å². The molecule has 0 bridgehead atoms. The fourth-order valence-corrected chi connectivity index (χ4v) is 3.11. The zero-order chi connectivity index (χ0) is 13.2. The van der Waals surface area contributed by atoms with Crippen molar-refractivity contribution in [3.63, 3.8) is 0 Å². The van der Waals surface area contributed by atoms with E-state index in [-0.39, 0.29) is 12.1 Å². The van der Waals surface area contributed by atoms with Crippen LogP contribution in [0.5, 0.6) is 0 Å². The molecule has 0 spiro atoms. The van der Waals surface area contributed by atoms with Gasteiger partial charge in [0.2, 0.25) is 0 Å². The number of hydrogen-bond acceptors (Lipinski definition) is 5. The topological polar surface area (TPSA) is 59.8 Å². The summed E-state index contributed by atoms with van der Waals surface area (Å²) < 4.78 is 25.0. The van der Waals surface area contributed by atoms with Gasteiger partial charge in [-0.2, -0.15) is 0 Å². The van der Waals surface area contributed by atoms with Gasteiger partial charge >= 0.3 is 0 Å². The summed E-state index contributed by atoms with van der Waals surface area (Å²) in [5, 5.41) is 2.99. The highest BCUT2D eigenvalue weighted by atomic mass is 19.1. The van der Waals surface area contributed by atoms with Crippen molar-refractivity contribution in [3.05, 3.63) is 0 Å². The standard InChI is InChI=1S/C13H24FN3O2/c14-11-5-16-6-12(15)13(11)19-10-1-3-17(4-2-10)9-7-18-8-9/h9-13,16H,1-8,15H2. The zero-order valence-electron chi connectivity index (χ0n) is 11.3. The number of ether oxygens (including phenoxy) is 2. The molecule has 0 aromatic rings. The largest absolute Gasteiger partial charge is 0.378 e. The molecular formula is C13H24FN3O2. The Labute approximate surface area is 113 Å². The number of halogens is 1. The Morgan fingerprint density at radius 2 is 1.95 bits per heavy atom. The molecule has 0 radical (unpaired) electrons. The van der Waals surface area contributed by atoms with E-state index in [0.29, 0.717) is 19.1 Å². The van der Waals surface area contributed by atoms with Crippen LogP contribution in [-0.4, -0.2) is 74.8 Å². The van der Waals surface area contributed by atoms with Crippen LogP contribution in [0, 0.1) is 0 Å². The molecular weight excluding hydrogens is 249 g/mol. The van der Waals surface area contributed by atoms with Crippen LogP contribution in [0.1, 0.15) is 12.8 Å². The van der Waals surface area contributed by atoms with Crippen molar-refractivity contribution in [1.29, 1.82) is 0 Å². The minimum Gasteiger partial charge on any atom is -0.378 e. The molecule has 3 aliphatic rings. The van der Waals surface area contributed by atoms with Gasteiger partial charge in [0.1, 0.15) is 12.3 Å². The van der Waals surface area contributed by atoms with Crippen LogP contribution in [0.4, 0.5) is 4.39 Å². The molecule has 3 N–H and O–H groups in total. The van der Waals surface area contributed by atoms with Crippen molar-refractivity contribution in [2.24, 2.45) is 5.73 Å². The predicted octanol–water partition coefficient (Wildman–Crippen LogP) is -0.497. The first-order valence-electron chi connectivity index (χ1n) is 7.31. The minimum absolute atomic E-state index is 0.157. The molecule has 3 unspecified atom stereocenters. The second-order valence-corrected chi connectivity index (χ2v) is 5.87. The number of nitrogens with zero attached hydrogens (tertiary/aromatic N) is 1. The van der Waals surface area contributed by atoms with Gasteiger partial charge < -0.3 is 20.5 Å². The molecule has 3 fully saturated rings. The van der Waals surface area contributed by atoms with Gasteiger partial charge in [-0.15, -0.1) is 0 Å². The summed E-state index contributed by atoms with van der Waals surface area (Å²) in [6.07, 6.45) is 0.677. The normalized spacial score (nSPS) is 39.2. The third-order valence-electron chi connectivity index (χ3n) is 4.46. The summed E-state index contributed by atoms with van der Waals surface area (Å²) in [5.74, 6) is 0. The van der Waals surface area contributed by atoms with E-state index in [4.69, 9.17) is 15.2 Å². The summed E-state index contributed by atoms with van der Waals surface area (Å²) in [4.78, 5) is 2.46. The Morgan fingerprint density at radius 1 is 1.21 bits per heavy atom. The fourth-order valence-electron chi connectivity index (χ4n) is 3.11. The highest BCUT2D eigenvalue weighted by Gasteiger charge is 2.36. The summed E-state index contributed by atoms with van der Waals surface area (Å²) in [6, 6.07) is 0.359. The minimum atomic E-state index is -0.984. The second-order valence-electron chi connectivity index (χ2n) is 5.87. The van der Waals surface area contributed by atoms with Crippen LogP contribution < -0.4 is 11.1 Å². The van der Waals surface area contributed by atoms with E-state index in [1.165, 1.54) is 0 Å². The molecule has 3 rings (SSSR count). The lowest BCUT2D eigenvalue weighted by Gasteiger charge is -2.43. The van der Waals surface area contributed by atoms with E-state index in [9.17, 15) is 4.39 Å². The number of hydrogen-bond donors (Lipinski definition) is 2. The Morgan fingerprint density at radius 3 is 2.53 bits per heavy atom. The van der Waals surface area contributed by atoms with Crippen molar-refractivity contribution in [3.8, 4) is 0 Å². The van der Waals surface area contributed by atoms with Crippen molar-refractivity contribution >= 4 is 0 Å². The quantitative estimate of drug-likeness (QED) is 0.726. The number of alkyl halides is 1. The van der Waals surface area contributed by atoms with Crippen LogP contribution in [0.3, 0.4) is 0 Å². The Bertz CT molecular complexity index is 286. The molecule has 0 aliphatic carbocycles. The van der Waals surface area contributed by atoms with Crippen molar-refractivity contribution in [2.75, 3.05) is 39.4 Å². The van der Waals surface area contributed by atoms with E-state index in [0.717, 1.165) is 39.1 Å². The zero-order valence-corrected chi connectivity index (χ0v) is 11.3. The van der Waals surface area contributed by atoms with Crippen LogP contribution in [0.15, 0.2) is 0 Å². The first-order chi connectivity index (χ1) is 9.24. The van der Waals surface area contributed by atoms with Crippen molar-refractivity contribution in [2.45, 2.75) is 43.3 Å². The van der Waals surface area contributed by atoms with Crippen LogP contribution >= 0.6 is 0 Å². The van der Waals surface area contributed by atoms with Gasteiger partial charge in [0.15, 0.2) is 0 Å². The third-order valence-corrected chi connectivity index (χ3v) is 4.46. The van der Waals surface area contributed by atoms with E-state index in [1.807, 2.05) is 0 Å². The van der Waals surface area contributed by atoms with Crippen LogP contribution in [0.2, 0.25) is 0 Å². The monoisotopic (exact) mass is 273 g/mol. The average molecular weight is 273 g/mol. The number of piperidine rings is 2. The fraction of sp³-hybridized carbons (Fsp3) is 1.00. The van der Waals surface area contributed by atoms with Gasteiger partial charge in [0, 0.05) is 32.2 Å². The molecule has 0 aromatic carbocycles. The summed E-state index contributed by atoms with van der Waals surface area (Å²) >= 11 is 0. The number of nitrogens with two attached hydrogens (primary N) is 1. The molecule has 19 heavy (non-hydrogen) atoms. The first-order valence-corrected chi connectivity index (χ1v) is 7.31. The molecule has 3 heterocycles. The van der Waals surface area contributed by atoms with Crippen LogP contribution in [-0.2, 0) is 9.47 Å². The SMILES string of the molecule is NC1CNCC(F)C1OC1CCN(C2COC2)CC1. The van der Waals surface area contributed by atoms with E-state index < -0.39 is 12.3 Å². The van der Waals surface area contributed by atoms with Gasteiger partial charge in [-0.1, -0.05) is 0 Å². The lowest BCUT2D eigenvalue weighted by atomic mass is 10.0. The molecule has 3 atom stereocenters. The Hall–Kier alpha value is -0.270. The summed E-state index contributed by atoms with van der Waals surface area (Å²) in [6.45, 7) is 4.76. The molecule has 0 aromatic heterocycles. The van der Waals surface area contributed by atoms with E-state index in [2.05, 4.69) is 10.2 Å². The van der Waals surface area contributed by atoms with Gasteiger partial charge in [0.25, 0.3) is 0 Å². The van der Waals surface area contributed by atoms with Gasteiger partial charge in [-0.25, -0.2) is 4.39 Å². The lowest BCUT2D eigenvalue weighted by Crippen LogP contribution is -2.59. The summed E-state index contributed by atoms with van der Waals surface area (Å²) in [5.41, 5.74) is 5.94. The van der Waals surface area contributed by atoms with Gasteiger partial charge in [0.05, 0.1) is 25.4 Å².